The highest BCUT2D eigenvalue weighted by atomic mass is 19.1. The molecular formula is C15H18FNO3. The second kappa shape index (κ2) is 6.29. The van der Waals surface area contributed by atoms with Gasteiger partial charge in [0.15, 0.2) is 11.6 Å². The first-order chi connectivity index (χ1) is 9.28. The van der Waals surface area contributed by atoms with E-state index in [0.29, 0.717) is 5.56 Å². The number of hydrogen-bond donors (Lipinski definition) is 1. The zero-order chi connectivity index (χ0) is 15.3. The van der Waals surface area contributed by atoms with Crippen LogP contribution in [0.25, 0.3) is 0 Å². The second-order valence-corrected chi connectivity index (χ2v) is 5.11. The summed E-state index contributed by atoms with van der Waals surface area (Å²) in [6.45, 7) is 5.15. The molecular weight excluding hydrogens is 261 g/mol. The van der Waals surface area contributed by atoms with Crippen molar-refractivity contribution < 1.29 is 18.7 Å². The van der Waals surface area contributed by atoms with Crippen LogP contribution >= 0.6 is 0 Å². The third kappa shape index (κ3) is 4.16. The molecule has 0 aliphatic carbocycles. The molecule has 4 nitrogen and oxygen atoms in total. The van der Waals surface area contributed by atoms with Crippen LogP contribution < -0.4 is 10.1 Å². The maximum Gasteiger partial charge on any atom is 0.407 e. The number of ether oxygens (including phenoxy) is 2. The summed E-state index contributed by atoms with van der Waals surface area (Å²) in [4.78, 5) is 11.6. The van der Waals surface area contributed by atoms with E-state index in [4.69, 9.17) is 15.9 Å². The Kier molecular flexibility index (Phi) is 4.98. The molecule has 0 fully saturated rings. The molecule has 0 radical (unpaired) electrons. The van der Waals surface area contributed by atoms with Gasteiger partial charge in [0.1, 0.15) is 5.60 Å². The molecule has 0 heterocycles. The Morgan fingerprint density at radius 3 is 2.60 bits per heavy atom. The van der Waals surface area contributed by atoms with E-state index in [1.165, 1.54) is 13.2 Å². The number of methoxy groups -OCH3 is 1. The lowest BCUT2D eigenvalue weighted by atomic mass is 10.1. The molecule has 0 aromatic heterocycles. The molecule has 5 heteroatoms. The Balaban J connectivity index is 2.87. The highest BCUT2D eigenvalue weighted by Gasteiger charge is 2.18. The highest BCUT2D eigenvalue weighted by molar-refractivity contribution is 5.68. The average molecular weight is 279 g/mol. The molecule has 0 atom stereocenters. The molecule has 0 spiro atoms. The molecule has 0 aliphatic heterocycles. The third-order valence-corrected chi connectivity index (χ3v) is 2.39. The Bertz CT molecular complexity index is 541. The summed E-state index contributed by atoms with van der Waals surface area (Å²) in [7, 11) is 1.36. The van der Waals surface area contributed by atoms with Gasteiger partial charge in [0.2, 0.25) is 0 Å². The van der Waals surface area contributed by atoms with Gasteiger partial charge in [-0.3, -0.25) is 0 Å². The summed E-state index contributed by atoms with van der Waals surface area (Å²) < 4.78 is 24.1. The molecule has 108 valence electrons. The molecule has 1 N–H and O–H groups in total. The van der Waals surface area contributed by atoms with Crippen LogP contribution in [0.1, 0.15) is 31.9 Å². The first-order valence-corrected chi connectivity index (χ1v) is 6.07. The number of rotatable bonds is 3. The summed E-state index contributed by atoms with van der Waals surface area (Å²) >= 11 is 0. The number of nitrogens with one attached hydrogen (secondary N) is 1. The van der Waals surface area contributed by atoms with Crippen LogP contribution in [0.5, 0.6) is 5.75 Å². The minimum absolute atomic E-state index is 0.0719. The second-order valence-electron chi connectivity index (χ2n) is 5.11. The normalized spacial score (nSPS) is 10.6. The van der Waals surface area contributed by atoms with Gasteiger partial charge in [0.25, 0.3) is 0 Å². The molecule has 0 saturated heterocycles. The Labute approximate surface area is 118 Å². The Hall–Kier alpha value is -2.22. The van der Waals surface area contributed by atoms with Crippen LogP contribution in [0.4, 0.5) is 9.18 Å². The zero-order valence-electron chi connectivity index (χ0n) is 12.0. The summed E-state index contributed by atoms with van der Waals surface area (Å²) in [5.41, 5.74) is -0.0663. The molecule has 0 bridgehead atoms. The maximum absolute atomic E-state index is 14.1. The topological polar surface area (TPSA) is 47.6 Å². The van der Waals surface area contributed by atoms with Crippen molar-refractivity contribution in [3.05, 3.63) is 29.1 Å². The zero-order valence-corrected chi connectivity index (χ0v) is 12.0. The van der Waals surface area contributed by atoms with Crippen LogP contribution in [-0.4, -0.2) is 18.8 Å². The predicted molar refractivity (Wildman–Crippen MR) is 74.0 cm³/mol. The molecule has 1 amide bonds. The third-order valence-electron chi connectivity index (χ3n) is 2.39. The number of hydrogen-bond acceptors (Lipinski definition) is 3. The maximum atomic E-state index is 14.1. The van der Waals surface area contributed by atoms with Crippen molar-refractivity contribution in [1.82, 2.24) is 5.32 Å². The number of benzene rings is 1. The fourth-order valence-corrected chi connectivity index (χ4v) is 1.54. The first-order valence-electron chi connectivity index (χ1n) is 6.07. The van der Waals surface area contributed by atoms with Crippen molar-refractivity contribution in [1.29, 1.82) is 0 Å². The summed E-state index contributed by atoms with van der Waals surface area (Å²) in [6.07, 6.45) is 4.68. The van der Waals surface area contributed by atoms with Gasteiger partial charge in [0.05, 0.1) is 13.7 Å². The quantitative estimate of drug-likeness (QED) is 0.865. The number of halogens is 1. The first kappa shape index (κ1) is 15.8. The van der Waals surface area contributed by atoms with E-state index < -0.39 is 17.5 Å². The van der Waals surface area contributed by atoms with Gasteiger partial charge < -0.3 is 14.8 Å². The van der Waals surface area contributed by atoms with Gasteiger partial charge in [-0.2, -0.15) is 0 Å². The fourth-order valence-electron chi connectivity index (χ4n) is 1.54. The Morgan fingerprint density at radius 2 is 2.10 bits per heavy atom. The lowest BCUT2D eigenvalue weighted by Gasteiger charge is -2.20. The average Bonchev–Trinajstić information content (AvgIpc) is 2.34. The summed E-state index contributed by atoms with van der Waals surface area (Å²) in [5.74, 6) is 1.86. The van der Waals surface area contributed by atoms with Crippen LogP contribution in [-0.2, 0) is 11.3 Å². The molecule has 20 heavy (non-hydrogen) atoms. The van der Waals surface area contributed by atoms with Crippen LogP contribution in [0.15, 0.2) is 12.1 Å². The highest BCUT2D eigenvalue weighted by Crippen LogP contribution is 2.23. The number of carbonyl (C=O) groups excluding carboxylic acids is 1. The van der Waals surface area contributed by atoms with Crippen molar-refractivity contribution in [2.24, 2.45) is 0 Å². The fraction of sp³-hybridized carbons (Fsp3) is 0.400. The van der Waals surface area contributed by atoms with Gasteiger partial charge in [-0.05, 0) is 32.9 Å². The van der Waals surface area contributed by atoms with Crippen molar-refractivity contribution >= 4 is 6.09 Å². The summed E-state index contributed by atoms with van der Waals surface area (Å²) in [6, 6.07) is 3.01. The minimum atomic E-state index is -0.636. The molecule has 0 aliphatic rings. The molecule has 0 unspecified atom stereocenters. The number of alkyl carbamates (subject to hydrolysis) is 1. The van der Waals surface area contributed by atoms with E-state index in [1.54, 1.807) is 26.8 Å². The van der Waals surface area contributed by atoms with E-state index in [1.807, 2.05) is 0 Å². The SMILES string of the molecule is C#Cc1ccc(OC)c(F)c1CNC(=O)OC(C)(C)C. The van der Waals surface area contributed by atoms with Crippen molar-refractivity contribution in [2.75, 3.05) is 7.11 Å². The smallest absolute Gasteiger partial charge is 0.407 e. The van der Waals surface area contributed by atoms with Gasteiger partial charge >= 0.3 is 6.09 Å². The molecule has 1 aromatic carbocycles. The molecule has 1 rings (SSSR count). The largest absolute Gasteiger partial charge is 0.494 e. The lowest BCUT2D eigenvalue weighted by molar-refractivity contribution is 0.0523. The van der Waals surface area contributed by atoms with E-state index >= 15 is 0 Å². The molecule has 0 saturated carbocycles. The van der Waals surface area contributed by atoms with Crippen molar-refractivity contribution in [3.63, 3.8) is 0 Å². The Morgan fingerprint density at radius 1 is 1.45 bits per heavy atom. The van der Waals surface area contributed by atoms with Crippen LogP contribution in [0.3, 0.4) is 0 Å². The van der Waals surface area contributed by atoms with Crippen molar-refractivity contribution in [2.45, 2.75) is 32.9 Å². The van der Waals surface area contributed by atoms with Gasteiger partial charge in [-0.25, -0.2) is 9.18 Å². The standard InChI is InChI=1S/C15H18FNO3/c1-6-10-7-8-12(19-5)13(16)11(10)9-17-14(18)20-15(2,3)4/h1,7-8H,9H2,2-5H3,(H,17,18). The van der Waals surface area contributed by atoms with Crippen LogP contribution in [0, 0.1) is 18.2 Å². The van der Waals surface area contributed by atoms with E-state index in [9.17, 15) is 9.18 Å². The van der Waals surface area contributed by atoms with E-state index in [-0.39, 0.29) is 17.9 Å². The number of terminal acetylenes is 1. The van der Waals surface area contributed by atoms with E-state index in [2.05, 4.69) is 11.2 Å². The monoisotopic (exact) mass is 279 g/mol. The predicted octanol–water partition coefficient (Wildman–Crippen LogP) is 2.84. The van der Waals surface area contributed by atoms with Crippen LogP contribution in [0.2, 0.25) is 0 Å². The number of carbonyl (C=O) groups is 1. The summed E-state index contributed by atoms with van der Waals surface area (Å²) in [5, 5.41) is 2.47. The van der Waals surface area contributed by atoms with Gasteiger partial charge in [0, 0.05) is 11.1 Å². The van der Waals surface area contributed by atoms with Gasteiger partial charge in [-0.1, -0.05) is 5.92 Å². The minimum Gasteiger partial charge on any atom is -0.494 e. The van der Waals surface area contributed by atoms with Crippen molar-refractivity contribution in [3.8, 4) is 18.1 Å². The molecule has 1 aromatic rings. The number of amides is 1. The van der Waals surface area contributed by atoms with Gasteiger partial charge in [-0.15, -0.1) is 6.42 Å². The van der Waals surface area contributed by atoms with E-state index in [0.717, 1.165) is 0 Å². The lowest BCUT2D eigenvalue weighted by Crippen LogP contribution is -2.32.